The van der Waals surface area contributed by atoms with E-state index in [-0.39, 0.29) is 11.3 Å². The molecule has 1 N–H and O–H groups in total. The number of imide groups is 2. The summed E-state index contributed by atoms with van der Waals surface area (Å²) in [6, 6.07) is 11.8. The van der Waals surface area contributed by atoms with Crippen molar-refractivity contribution in [3.8, 4) is 5.69 Å². The Morgan fingerprint density at radius 1 is 0.938 bits per heavy atom. The third-order valence-corrected chi connectivity index (χ3v) is 6.69. The smallest absolute Gasteiger partial charge is 0.317 e. The number of rotatable bonds is 3. The summed E-state index contributed by atoms with van der Waals surface area (Å²) in [6.45, 7) is 3.78. The van der Waals surface area contributed by atoms with Crippen LogP contribution in [0.2, 0.25) is 0 Å². The summed E-state index contributed by atoms with van der Waals surface area (Å²) in [5.74, 6) is -2.25. The predicted molar refractivity (Wildman–Crippen MR) is 126 cm³/mol. The Morgan fingerprint density at radius 3 is 2.28 bits per heavy atom. The number of hydrogen-bond acceptors (Lipinski definition) is 3. The molecule has 0 atom stereocenters. The first-order valence-electron chi connectivity index (χ1n) is 9.49. The van der Waals surface area contributed by atoms with Gasteiger partial charge in [0, 0.05) is 31.6 Å². The van der Waals surface area contributed by atoms with Gasteiger partial charge >= 0.3 is 6.03 Å². The molecule has 1 fully saturated rings. The molecule has 9 heteroatoms. The first-order chi connectivity index (χ1) is 15.2. The van der Waals surface area contributed by atoms with Gasteiger partial charge in [0.1, 0.15) is 11.4 Å². The molecular formula is C23H16Br2FN3O3. The number of aromatic nitrogens is 1. The van der Waals surface area contributed by atoms with Crippen LogP contribution in [0, 0.1) is 19.7 Å². The van der Waals surface area contributed by atoms with E-state index in [0.29, 0.717) is 10.0 Å². The zero-order chi connectivity index (χ0) is 23.2. The first kappa shape index (κ1) is 22.2. The Morgan fingerprint density at radius 2 is 1.62 bits per heavy atom. The predicted octanol–water partition coefficient (Wildman–Crippen LogP) is 5.42. The van der Waals surface area contributed by atoms with Crippen LogP contribution >= 0.6 is 31.9 Å². The molecule has 0 saturated carbocycles. The SMILES string of the molecule is Cc1c(Br)c(/C=C2\C(=O)NC(=O)N(c3cccc(F)c3)C2=O)c(C)n1-c1ccc(Br)cc1. The fourth-order valence-corrected chi connectivity index (χ4v) is 4.46. The summed E-state index contributed by atoms with van der Waals surface area (Å²) in [6.07, 6.45) is 1.44. The molecule has 4 rings (SSSR count). The minimum absolute atomic E-state index is 0.0327. The lowest BCUT2D eigenvalue weighted by Gasteiger charge is -2.26. The van der Waals surface area contributed by atoms with Crippen LogP contribution in [0.1, 0.15) is 17.0 Å². The fourth-order valence-electron chi connectivity index (χ4n) is 3.62. The van der Waals surface area contributed by atoms with E-state index in [4.69, 9.17) is 0 Å². The highest BCUT2D eigenvalue weighted by Crippen LogP contribution is 2.33. The molecule has 2 aromatic carbocycles. The monoisotopic (exact) mass is 559 g/mol. The van der Waals surface area contributed by atoms with Gasteiger partial charge in [-0.2, -0.15) is 0 Å². The number of halogens is 3. The molecule has 4 amide bonds. The molecule has 3 aromatic rings. The van der Waals surface area contributed by atoms with Crippen molar-refractivity contribution in [2.45, 2.75) is 13.8 Å². The molecular weight excluding hydrogens is 545 g/mol. The number of nitrogens with zero attached hydrogens (tertiary/aromatic N) is 2. The number of anilines is 1. The van der Waals surface area contributed by atoms with Gasteiger partial charge in [0.05, 0.1) is 5.69 Å². The molecule has 2 heterocycles. The van der Waals surface area contributed by atoms with Gasteiger partial charge in [0.15, 0.2) is 0 Å². The van der Waals surface area contributed by atoms with Crippen LogP contribution in [-0.2, 0) is 9.59 Å². The second kappa shape index (κ2) is 8.48. The number of nitrogens with one attached hydrogen (secondary N) is 1. The molecule has 32 heavy (non-hydrogen) atoms. The Kier molecular flexibility index (Phi) is 5.87. The van der Waals surface area contributed by atoms with Crippen LogP contribution in [0.5, 0.6) is 0 Å². The highest BCUT2D eigenvalue weighted by Gasteiger charge is 2.37. The van der Waals surface area contributed by atoms with Crippen LogP contribution in [0.25, 0.3) is 11.8 Å². The number of carbonyl (C=O) groups excluding carboxylic acids is 3. The Labute approximate surface area is 200 Å². The van der Waals surface area contributed by atoms with Gasteiger partial charge in [-0.3, -0.25) is 14.9 Å². The number of amides is 4. The minimum Gasteiger partial charge on any atom is -0.317 e. The van der Waals surface area contributed by atoms with Crippen molar-refractivity contribution in [3.63, 3.8) is 0 Å². The van der Waals surface area contributed by atoms with Gasteiger partial charge in [-0.05, 0) is 78.3 Å². The van der Waals surface area contributed by atoms with Crippen LogP contribution in [0.4, 0.5) is 14.9 Å². The van der Waals surface area contributed by atoms with Crippen molar-refractivity contribution >= 4 is 61.5 Å². The van der Waals surface area contributed by atoms with E-state index in [1.54, 1.807) is 0 Å². The number of carbonyl (C=O) groups is 3. The summed E-state index contributed by atoms with van der Waals surface area (Å²) in [7, 11) is 0. The molecule has 0 aliphatic carbocycles. The van der Waals surface area contributed by atoms with E-state index in [2.05, 4.69) is 37.2 Å². The number of hydrogen-bond donors (Lipinski definition) is 1. The molecule has 1 saturated heterocycles. The topological polar surface area (TPSA) is 71.4 Å². The molecule has 0 spiro atoms. The molecule has 6 nitrogen and oxygen atoms in total. The fraction of sp³-hybridized carbons (Fsp3) is 0.0870. The van der Waals surface area contributed by atoms with Crippen molar-refractivity contribution in [3.05, 3.63) is 85.8 Å². The Bertz CT molecular complexity index is 1310. The quantitative estimate of drug-likeness (QED) is 0.343. The van der Waals surface area contributed by atoms with Crippen LogP contribution in [0.3, 0.4) is 0 Å². The summed E-state index contributed by atoms with van der Waals surface area (Å²) in [4.78, 5) is 38.7. The number of urea groups is 1. The highest BCUT2D eigenvalue weighted by molar-refractivity contribution is 9.10. The van der Waals surface area contributed by atoms with E-state index in [0.717, 1.165) is 32.5 Å². The number of benzene rings is 2. The van der Waals surface area contributed by atoms with E-state index in [1.165, 1.54) is 24.3 Å². The van der Waals surface area contributed by atoms with Crippen molar-refractivity contribution in [1.29, 1.82) is 0 Å². The van der Waals surface area contributed by atoms with Gasteiger partial charge in [0.25, 0.3) is 11.8 Å². The zero-order valence-corrected chi connectivity index (χ0v) is 20.1. The summed E-state index contributed by atoms with van der Waals surface area (Å²) < 4.78 is 17.3. The maximum atomic E-state index is 13.7. The van der Waals surface area contributed by atoms with Crippen LogP contribution in [-0.4, -0.2) is 22.4 Å². The van der Waals surface area contributed by atoms with E-state index in [1.807, 2.05) is 42.7 Å². The van der Waals surface area contributed by atoms with Gasteiger partial charge in [-0.25, -0.2) is 14.1 Å². The summed E-state index contributed by atoms with van der Waals surface area (Å²) in [5, 5.41) is 2.16. The second-order valence-corrected chi connectivity index (χ2v) is 8.86. The van der Waals surface area contributed by atoms with E-state index < -0.39 is 23.7 Å². The largest absolute Gasteiger partial charge is 0.335 e. The minimum atomic E-state index is -0.929. The molecule has 0 unspecified atom stereocenters. The van der Waals surface area contributed by atoms with Crippen molar-refractivity contribution in [2.24, 2.45) is 0 Å². The number of barbiturate groups is 1. The van der Waals surface area contributed by atoms with Crippen LogP contribution in [0.15, 0.2) is 63.0 Å². The summed E-state index contributed by atoms with van der Waals surface area (Å²) >= 11 is 6.99. The lowest BCUT2D eigenvalue weighted by molar-refractivity contribution is -0.122. The molecule has 0 radical (unpaired) electrons. The molecule has 1 aromatic heterocycles. The molecule has 1 aliphatic heterocycles. The third kappa shape index (κ3) is 3.82. The van der Waals surface area contributed by atoms with E-state index >= 15 is 0 Å². The first-order valence-corrected chi connectivity index (χ1v) is 11.1. The standard InChI is InChI=1S/C23H16Br2FN3O3/c1-12-18(20(25)13(2)28(12)16-8-6-14(24)7-9-16)11-19-21(30)27-23(32)29(22(19)31)17-5-3-4-15(26)10-17/h3-11H,1-2H3,(H,27,30,32)/b19-11+. The van der Waals surface area contributed by atoms with E-state index in [9.17, 15) is 18.8 Å². The zero-order valence-electron chi connectivity index (χ0n) is 16.9. The van der Waals surface area contributed by atoms with Crippen molar-refractivity contribution in [1.82, 2.24) is 9.88 Å². The molecule has 0 bridgehead atoms. The second-order valence-electron chi connectivity index (χ2n) is 7.15. The van der Waals surface area contributed by atoms with Crippen molar-refractivity contribution < 1.29 is 18.8 Å². The summed E-state index contributed by atoms with van der Waals surface area (Å²) in [5.41, 5.74) is 3.00. The molecule has 1 aliphatic rings. The van der Waals surface area contributed by atoms with Gasteiger partial charge < -0.3 is 4.57 Å². The van der Waals surface area contributed by atoms with Gasteiger partial charge in [-0.15, -0.1) is 0 Å². The van der Waals surface area contributed by atoms with Gasteiger partial charge in [-0.1, -0.05) is 22.0 Å². The Balaban J connectivity index is 1.81. The third-order valence-electron chi connectivity index (χ3n) is 5.16. The lowest BCUT2D eigenvalue weighted by atomic mass is 10.1. The molecule has 162 valence electrons. The Hall–Kier alpha value is -3.04. The normalized spacial score (nSPS) is 15.5. The maximum absolute atomic E-state index is 13.7. The lowest BCUT2D eigenvalue weighted by Crippen LogP contribution is -2.54. The average Bonchev–Trinajstić information content (AvgIpc) is 2.94. The maximum Gasteiger partial charge on any atom is 0.335 e. The van der Waals surface area contributed by atoms with Crippen molar-refractivity contribution in [2.75, 3.05) is 4.90 Å². The average molecular weight is 561 g/mol. The highest BCUT2D eigenvalue weighted by atomic mass is 79.9. The van der Waals surface area contributed by atoms with Crippen LogP contribution < -0.4 is 10.2 Å². The van der Waals surface area contributed by atoms with Gasteiger partial charge in [0.2, 0.25) is 0 Å².